The Morgan fingerprint density at radius 1 is 0.571 bits per heavy atom. The van der Waals surface area contributed by atoms with Crippen molar-refractivity contribution in [3.8, 4) is 0 Å². The van der Waals surface area contributed by atoms with Crippen molar-refractivity contribution >= 4 is 31.5 Å². The van der Waals surface area contributed by atoms with Crippen molar-refractivity contribution in [2.24, 2.45) is 35.5 Å². The van der Waals surface area contributed by atoms with Gasteiger partial charge in [0.15, 0.2) is 19.7 Å². The first-order chi connectivity index (χ1) is 33.3. The van der Waals surface area contributed by atoms with Gasteiger partial charge in [0.2, 0.25) is 0 Å². The third-order valence-corrected chi connectivity index (χ3v) is 18.9. The second-order valence-electron chi connectivity index (χ2n) is 21.5. The zero-order valence-electron chi connectivity index (χ0n) is 42.9. The van der Waals surface area contributed by atoms with Gasteiger partial charge in [-0.15, -0.1) is 0 Å². The summed E-state index contributed by atoms with van der Waals surface area (Å²) in [6.45, 7) is 21.7. The number of sulfone groups is 2. The van der Waals surface area contributed by atoms with Crippen LogP contribution in [0.5, 0.6) is 0 Å². The maximum absolute atomic E-state index is 12.9. The fourth-order valence-electron chi connectivity index (χ4n) is 11.3. The Morgan fingerprint density at radius 2 is 0.943 bits per heavy atom. The van der Waals surface area contributed by atoms with Crippen LogP contribution in [0.15, 0.2) is 82.8 Å². The average Bonchev–Trinajstić information content (AvgIpc) is 3.91. The summed E-state index contributed by atoms with van der Waals surface area (Å²) in [5.41, 5.74) is 7.80. The molecule has 2 aromatic heterocycles. The Labute approximate surface area is 419 Å². The van der Waals surface area contributed by atoms with Gasteiger partial charge < -0.3 is 10.6 Å². The van der Waals surface area contributed by atoms with Crippen LogP contribution in [0.25, 0.3) is 0 Å². The number of carbonyl (C=O) groups is 2. The molecule has 2 aromatic carbocycles. The van der Waals surface area contributed by atoms with Gasteiger partial charge in [0, 0.05) is 61.8 Å². The predicted octanol–water partition coefficient (Wildman–Crippen LogP) is 10.3. The standard InChI is InChI=1S/2C28H39N3O3S/c2*1-5-35(33,34)25-12-11-24(29-16-25)15-30-28(32)22-10-13-26-23(14-22)18-31(27(26)19(2)3)17-21-8-6-20(4)7-9-21/h2*10-14,16,19-21,27H,5-9,15,17-18H2,1-4H3,(H,30,32)/t2*20?,21?,27-/m10/s1. The van der Waals surface area contributed by atoms with Crippen LogP contribution in [0.1, 0.15) is 173 Å². The molecular weight excluding hydrogens is 917 g/mol. The lowest BCUT2D eigenvalue weighted by Crippen LogP contribution is -2.32. The first-order valence-corrected chi connectivity index (χ1v) is 29.3. The third-order valence-electron chi connectivity index (χ3n) is 15.4. The minimum Gasteiger partial charge on any atom is -0.346 e. The van der Waals surface area contributed by atoms with Crippen molar-refractivity contribution in [3.63, 3.8) is 0 Å². The van der Waals surface area contributed by atoms with Crippen molar-refractivity contribution in [2.75, 3.05) is 24.6 Å². The normalized spacial score (nSPS) is 22.8. The molecule has 2 amide bonds. The van der Waals surface area contributed by atoms with Crippen molar-refractivity contribution in [3.05, 3.63) is 118 Å². The largest absolute Gasteiger partial charge is 0.346 e. The summed E-state index contributed by atoms with van der Waals surface area (Å²) in [5.74, 6) is 4.11. The molecule has 0 unspecified atom stereocenters. The zero-order chi connectivity index (χ0) is 50.3. The van der Waals surface area contributed by atoms with Gasteiger partial charge in [-0.3, -0.25) is 29.4 Å². The van der Waals surface area contributed by atoms with Gasteiger partial charge in [0.1, 0.15) is 0 Å². The number of nitrogens with zero attached hydrogens (tertiary/aromatic N) is 4. The maximum Gasteiger partial charge on any atom is 0.251 e. The molecule has 8 rings (SSSR count). The molecule has 0 radical (unpaired) electrons. The summed E-state index contributed by atoms with van der Waals surface area (Å²) >= 11 is 0. The minimum atomic E-state index is -3.28. The highest BCUT2D eigenvalue weighted by atomic mass is 32.2. The Morgan fingerprint density at radius 3 is 1.26 bits per heavy atom. The molecule has 12 nitrogen and oxygen atoms in total. The van der Waals surface area contributed by atoms with E-state index in [4.69, 9.17) is 0 Å². The number of hydrogen-bond acceptors (Lipinski definition) is 10. The Kier molecular flexibility index (Phi) is 17.8. The van der Waals surface area contributed by atoms with Crippen LogP contribution in [-0.4, -0.2) is 73.0 Å². The highest BCUT2D eigenvalue weighted by Gasteiger charge is 2.36. The van der Waals surface area contributed by atoms with E-state index in [0.717, 1.165) is 49.9 Å². The van der Waals surface area contributed by atoms with Crippen LogP contribution in [0, 0.1) is 35.5 Å². The molecule has 0 saturated heterocycles. The zero-order valence-corrected chi connectivity index (χ0v) is 44.5. The summed E-state index contributed by atoms with van der Waals surface area (Å²) in [7, 11) is -6.55. The van der Waals surface area contributed by atoms with Crippen LogP contribution in [-0.2, 0) is 45.9 Å². The number of aromatic nitrogens is 2. The lowest BCUT2D eigenvalue weighted by atomic mass is 9.82. The number of pyridine rings is 2. The van der Waals surface area contributed by atoms with Gasteiger partial charge in [-0.1, -0.05) is 93.2 Å². The van der Waals surface area contributed by atoms with Gasteiger partial charge >= 0.3 is 0 Å². The second-order valence-corrected chi connectivity index (χ2v) is 26.0. The van der Waals surface area contributed by atoms with E-state index in [1.807, 2.05) is 24.3 Å². The van der Waals surface area contributed by atoms with Gasteiger partial charge in [-0.05, 0) is 132 Å². The smallest absolute Gasteiger partial charge is 0.251 e. The number of rotatable bonds is 16. The quantitative estimate of drug-likeness (QED) is 0.111. The molecule has 70 heavy (non-hydrogen) atoms. The summed E-state index contributed by atoms with van der Waals surface area (Å²) in [6, 6.07) is 19.5. The molecule has 380 valence electrons. The fraction of sp³-hybridized carbons (Fsp3) is 0.571. The molecule has 2 aliphatic heterocycles. The minimum absolute atomic E-state index is 0.0397. The van der Waals surface area contributed by atoms with E-state index in [-0.39, 0.29) is 46.2 Å². The molecule has 4 aromatic rings. The molecule has 2 atom stereocenters. The van der Waals surface area contributed by atoms with E-state index in [0.29, 0.717) is 46.4 Å². The number of carbonyl (C=O) groups excluding carboxylic acids is 2. The summed E-state index contributed by atoms with van der Waals surface area (Å²) in [4.78, 5) is 39.9. The maximum atomic E-state index is 12.9. The Hall–Kier alpha value is -4.50. The molecule has 2 N–H and O–H groups in total. The molecule has 0 spiro atoms. The average molecular weight is 995 g/mol. The highest BCUT2D eigenvalue weighted by molar-refractivity contribution is 7.91. The Bertz CT molecular complexity index is 2460. The molecule has 4 heterocycles. The lowest BCUT2D eigenvalue weighted by molar-refractivity contribution is 0.0942. The molecule has 2 saturated carbocycles. The van der Waals surface area contributed by atoms with Crippen molar-refractivity contribution in [2.45, 2.75) is 155 Å². The highest BCUT2D eigenvalue weighted by Crippen LogP contribution is 2.43. The number of fused-ring (bicyclic) bond motifs is 2. The lowest BCUT2D eigenvalue weighted by Gasteiger charge is -2.34. The van der Waals surface area contributed by atoms with Gasteiger partial charge in [-0.2, -0.15) is 0 Å². The fourth-order valence-corrected chi connectivity index (χ4v) is 12.9. The number of benzene rings is 2. The molecular formula is C56H78N6O6S2. The van der Waals surface area contributed by atoms with E-state index in [9.17, 15) is 26.4 Å². The van der Waals surface area contributed by atoms with E-state index < -0.39 is 19.7 Å². The monoisotopic (exact) mass is 995 g/mol. The third kappa shape index (κ3) is 13.1. The number of hydrogen-bond donors (Lipinski definition) is 2. The molecule has 0 bridgehead atoms. The van der Waals surface area contributed by atoms with Crippen molar-refractivity contribution in [1.82, 2.24) is 30.4 Å². The van der Waals surface area contributed by atoms with E-state index in [1.165, 1.54) is 86.0 Å². The van der Waals surface area contributed by atoms with E-state index in [1.54, 1.807) is 38.1 Å². The molecule has 4 aliphatic rings. The SMILES string of the molecule is CCS(=O)(=O)c1ccc(CNC(=O)c2ccc3c(c2)CN(CC2CCC(C)CC2)[C@@H]3C(C)C)nc1.CCS(=O)(=O)c1ccc(CNC(=O)c2ccc3c(c2)CN(CC2CCC(C)CC2)[C@H]3C(C)C)nc1. The summed E-state index contributed by atoms with van der Waals surface area (Å²) in [5, 5.41) is 5.86. The predicted molar refractivity (Wildman–Crippen MR) is 277 cm³/mol. The first-order valence-electron chi connectivity index (χ1n) is 26.0. The number of amides is 2. The molecule has 14 heteroatoms. The van der Waals surface area contributed by atoms with Crippen LogP contribution in [0.2, 0.25) is 0 Å². The summed E-state index contributed by atoms with van der Waals surface area (Å²) in [6.07, 6.45) is 13.4. The van der Waals surface area contributed by atoms with Crippen molar-refractivity contribution in [1.29, 1.82) is 0 Å². The molecule has 2 aliphatic carbocycles. The van der Waals surface area contributed by atoms with Crippen LogP contribution < -0.4 is 10.6 Å². The second kappa shape index (κ2) is 23.4. The first kappa shape index (κ1) is 53.3. The van der Waals surface area contributed by atoms with E-state index in [2.05, 4.69) is 84.1 Å². The van der Waals surface area contributed by atoms with Gasteiger partial charge in [0.05, 0.1) is 45.8 Å². The van der Waals surface area contributed by atoms with Gasteiger partial charge in [0.25, 0.3) is 11.8 Å². The molecule has 2 fully saturated rings. The van der Waals surface area contributed by atoms with Crippen LogP contribution in [0.3, 0.4) is 0 Å². The number of nitrogens with one attached hydrogen (secondary N) is 2. The van der Waals surface area contributed by atoms with Gasteiger partial charge in [-0.25, -0.2) is 16.8 Å². The topological polar surface area (TPSA) is 159 Å². The van der Waals surface area contributed by atoms with E-state index >= 15 is 0 Å². The summed E-state index contributed by atoms with van der Waals surface area (Å²) < 4.78 is 47.8. The Balaban J connectivity index is 0.000000206. The van der Waals surface area contributed by atoms with Crippen LogP contribution >= 0.6 is 0 Å². The van der Waals surface area contributed by atoms with Crippen LogP contribution in [0.4, 0.5) is 0 Å². The van der Waals surface area contributed by atoms with Crippen molar-refractivity contribution < 1.29 is 26.4 Å².